The SMILES string of the molecule is [CH2]C(=O)c1ccccc1NC(=O)c1ccccn1. The number of pyridine rings is 1. The van der Waals surface area contributed by atoms with Gasteiger partial charge in [-0.15, -0.1) is 0 Å². The highest BCUT2D eigenvalue weighted by atomic mass is 16.2. The molecule has 0 saturated carbocycles. The normalized spacial score (nSPS) is 9.83. The first kappa shape index (κ1) is 12.0. The molecule has 1 radical (unpaired) electrons. The second-order valence-electron chi connectivity index (χ2n) is 3.64. The number of para-hydroxylation sites is 1. The number of hydrogen-bond donors (Lipinski definition) is 1. The van der Waals surface area contributed by atoms with Gasteiger partial charge in [0.15, 0.2) is 5.78 Å². The number of benzene rings is 1. The quantitative estimate of drug-likeness (QED) is 0.836. The van der Waals surface area contributed by atoms with E-state index in [9.17, 15) is 9.59 Å². The van der Waals surface area contributed by atoms with E-state index in [-0.39, 0.29) is 11.7 Å². The zero-order valence-electron chi connectivity index (χ0n) is 9.59. The van der Waals surface area contributed by atoms with Crippen LogP contribution in [0.15, 0.2) is 48.7 Å². The Hall–Kier alpha value is -2.49. The van der Waals surface area contributed by atoms with E-state index in [1.165, 1.54) is 6.20 Å². The van der Waals surface area contributed by atoms with E-state index in [4.69, 9.17) is 0 Å². The summed E-state index contributed by atoms with van der Waals surface area (Å²) in [6, 6.07) is 11.8. The van der Waals surface area contributed by atoms with Gasteiger partial charge in [-0.05, 0) is 24.3 Å². The molecule has 0 aliphatic carbocycles. The highest BCUT2D eigenvalue weighted by Gasteiger charge is 2.11. The van der Waals surface area contributed by atoms with Gasteiger partial charge >= 0.3 is 0 Å². The summed E-state index contributed by atoms with van der Waals surface area (Å²) in [6.45, 7) is 3.34. The fourth-order valence-corrected chi connectivity index (χ4v) is 1.52. The van der Waals surface area contributed by atoms with E-state index in [1.807, 2.05) is 0 Å². The lowest BCUT2D eigenvalue weighted by molar-refractivity contribution is 0.102. The van der Waals surface area contributed by atoms with Crippen LogP contribution < -0.4 is 5.32 Å². The summed E-state index contributed by atoms with van der Waals surface area (Å²) in [4.78, 5) is 27.1. The van der Waals surface area contributed by atoms with Crippen LogP contribution in [0.2, 0.25) is 0 Å². The maximum atomic E-state index is 11.9. The van der Waals surface area contributed by atoms with Crippen molar-refractivity contribution in [3.05, 3.63) is 66.8 Å². The van der Waals surface area contributed by atoms with Gasteiger partial charge in [0, 0.05) is 18.7 Å². The van der Waals surface area contributed by atoms with Crippen LogP contribution in [0, 0.1) is 6.92 Å². The van der Waals surface area contributed by atoms with Crippen LogP contribution in [0.5, 0.6) is 0 Å². The van der Waals surface area contributed by atoms with Gasteiger partial charge in [-0.1, -0.05) is 18.2 Å². The van der Waals surface area contributed by atoms with Gasteiger partial charge in [-0.25, -0.2) is 0 Å². The predicted octanol–water partition coefficient (Wildman–Crippen LogP) is 2.35. The Bertz CT molecular complexity index is 579. The first-order valence-electron chi connectivity index (χ1n) is 5.36. The van der Waals surface area contributed by atoms with Gasteiger partial charge in [0.1, 0.15) is 5.69 Å². The molecule has 18 heavy (non-hydrogen) atoms. The molecule has 1 aromatic carbocycles. The number of aromatic nitrogens is 1. The predicted molar refractivity (Wildman–Crippen MR) is 68.3 cm³/mol. The number of nitrogens with zero attached hydrogens (tertiary/aromatic N) is 1. The molecule has 0 bridgehead atoms. The van der Waals surface area contributed by atoms with E-state index in [0.29, 0.717) is 16.9 Å². The average Bonchev–Trinajstić information content (AvgIpc) is 2.40. The van der Waals surface area contributed by atoms with Crippen molar-refractivity contribution in [1.82, 2.24) is 4.98 Å². The molecular weight excluding hydrogens is 228 g/mol. The number of nitrogens with one attached hydrogen (secondary N) is 1. The minimum atomic E-state index is -0.357. The van der Waals surface area contributed by atoms with E-state index in [2.05, 4.69) is 17.2 Å². The summed E-state index contributed by atoms with van der Waals surface area (Å²) in [5, 5.41) is 2.65. The summed E-state index contributed by atoms with van der Waals surface area (Å²) >= 11 is 0. The zero-order valence-corrected chi connectivity index (χ0v) is 9.59. The van der Waals surface area contributed by atoms with Gasteiger partial charge in [-0.2, -0.15) is 0 Å². The molecule has 0 atom stereocenters. The molecule has 0 saturated heterocycles. The summed E-state index contributed by atoms with van der Waals surface area (Å²) in [5.74, 6) is -0.698. The number of Topliss-reactive ketones (excluding diaryl/α,β-unsaturated/α-hetero) is 1. The Morgan fingerprint density at radius 2 is 1.78 bits per heavy atom. The van der Waals surface area contributed by atoms with Crippen molar-refractivity contribution < 1.29 is 9.59 Å². The van der Waals surface area contributed by atoms with E-state index in [1.54, 1.807) is 42.5 Å². The van der Waals surface area contributed by atoms with Crippen molar-refractivity contribution in [2.24, 2.45) is 0 Å². The summed E-state index contributed by atoms with van der Waals surface area (Å²) in [6.07, 6.45) is 1.54. The van der Waals surface area contributed by atoms with Crippen molar-refractivity contribution >= 4 is 17.4 Å². The Morgan fingerprint density at radius 1 is 1.06 bits per heavy atom. The molecule has 89 valence electrons. The van der Waals surface area contributed by atoms with E-state index >= 15 is 0 Å². The smallest absolute Gasteiger partial charge is 0.274 e. The Morgan fingerprint density at radius 3 is 2.44 bits per heavy atom. The molecule has 2 aromatic rings. The van der Waals surface area contributed by atoms with Crippen molar-refractivity contribution in [3.63, 3.8) is 0 Å². The zero-order chi connectivity index (χ0) is 13.0. The van der Waals surface area contributed by atoms with Gasteiger partial charge in [-0.3, -0.25) is 14.6 Å². The Labute approximate surface area is 105 Å². The van der Waals surface area contributed by atoms with Crippen LogP contribution >= 0.6 is 0 Å². The average molecular weight is 239 g/mol. The third-order valence-electron chi connectivity index (χ3n) is 2.37. The van der Waals surface area contributed by atoms with Crippen LogP contribution in [0.1, 0.15) is 20.8 Å². The molecule has 1 aromatic heterocycles. The van der Waals surface area contributed by atoms with Crippen LogP contribution in [-0.4, -0.2) is 16.7 Å². The second-order valence-corrected chi connectivity index (χ2v) is 3.64. The van der Waals surface area contributed by atoms with Crippen LogP contribution in [0.3, 0.4) is 0 Å². The third-order valence-corrected chi connectivity index (χ3v) is 2.37. The van der Waals surface area contributed by atoms with Gasteiger partial charge in [0.05, 0.1) is 5.69 Å². The highest BCUT2D eigenvalue weighted by Crippen LogP contribution is 2.16. The van der Waals surface area contributed by atoms with E-state index in [0.717, 1.165) is 0 Å². The lowest BCUT2D eigenvalue weighted by atomic mass is 10.1. The van der Waals surface area contributed by atoms with Gasteiger partial charge < -0.3 is 5.32 Å². The molecule has 1 N–H and O–H groups in total. The fraction of sp³-hybridized carbons (Fsp3) is 0. The molecule has 2 rings (SSSR count). The van der Waals surface area contributed by atoms with Crippen LogP contribution in [0.25, 0.3) is 0 Å². The number of hydrogen-bond acceptors (Lipinski definition) is 3. The van der Waals surface area contributed by atoms with Gasteiger partial charge in [0.2, 0.25) is 0 Å². The molecule has 1 amide bonds. The second kappa shape index (κ2) is 5.23. The van der Waals surface area contributed by atoms with Crippen molar-refractivity contribution in [1.29, 1.82) is 0 Å². The molecule has 4 nitrogen and oxygen atoms in total. The first-order chi connectivity index (χ1) is 8.68. The Kier molecular flexibility index (Phi) is 3.48. The van der Waals surface area contributed by atoms with Crippen molar-refractivity contribution in [2.75, 3.05) is 5.32 Å². The molecule has 0 fully saturated rings. The number of carbonyl (C=O) groups excluding carboxylic acids is 2. The summed E-state index contributed by atoms with van der Waals surface area (Å²) in [5.41, 5.74) is 1.11. The third kappa shape index (κ3) is 2.60. The molecule has 0 unspecified atom stereocenters. The maximum absolute atomic E-state index is 11.9. The monoisotopic (exact) mass is 239 g/mol. The van der Waals surface area contributed by atoms with Crippen molar-refractivity contribution in [3.8, 4) is 0 Å². The first-order valence-corrected chi connectivity index (χ1v) is 5.36. The molecular formula is C14H11N2O2. The molecule has 4 heteroatoms. The maximum Gasteiger partial charge on any atom is 0.274 e. The lowest BCUT2D eigenvalue weighted by Crippen LogP contribution is -2.15. The number of carbonyl (C=O) groups is 2. The summed E-state index contributed by atoms with van der Waals surface area (Å²) in [7, 11) is 0. The highest BCUT2D eigenvalue weighted by molar-refractivity contribution is 6.09. The number of rotatable bonds is 3. The molecule has 1 heterocycles. The van der Waals surface area contributed by atoms with Crippen LogP contribution in [0.4, 0.5) is 5.69 Å². The standard InChI is InChI=1S/C14H11N2O2/c1-10(17)11-6-2-3-7-12(11)16-14(18)13-8-4-5-9-15-13/h2-9H,1H2,(H,16,18). The topological polar surface area (TPSA) is 59.1 Å². The Balaban J connectivity index is 2.25. The number of anilines is 1. The largest absolute Gasteiger partial charge is 0.320 e. The summed E-state index contributed by atoms with van der Waals surface area (Å²) < 4.78 is 0. The van der Waals surface area contributed by atoms with Crippen molar-refractivity contribution in [2.45, 2.75) is 0 Å². The van der Waals surface area contributed by atoms with Crippen LogP contribution in [-0.2, 0) is 0 Å². The molecule has 0 aliphatic heterocycles. The lowest BCUT2D eigenvalue weighted by Gasteiger charge is -2.08. The number of amides is 1. The molecule has 0 aliphatic rings. The fourth-order valence-electron chi connectivity index (χ4n) is 1.52. The minimum absolute atomic E-state index is 0.295. The van der Waals surface area contributed by atoms with E-state index < -0.39 is 0 Å². The molecule has 0 spiro atoms. The minimum Gasteiger partial charge on any atom is -0.320 e. The number of ketones is 1. The van der Waals surface area contributed by atoms with Gasteiger partial charge in [0.25, 0.3) is 5.91 Å².